The highest BCUT2D eigenvalue weighted by Crippen LogP contribution is 2.44. The average molecular weight is 474 g/mol. The minimum absolute atomic E-state index is 0.134. The van der Waals surface area contributed by atoms with Crippen LogP contribution in [0.2, 0.25) is 5.02 Å². The maximum absolute atomic E-state index is 13.7. The molecule has 0 bridgehead atoms. The van der Waals surface area contributed by atoms with E-state index in [1.165, 1.54) is 5.56 Å². The standard InChI is InChI=1S/C24H32ClN5OS/c1-15-12-29(9-10-30(15)22-21-16(2)32-13-20(21)27-14-28-22)23(31)19(11-24(3,4)26)17-5-7-18(25)8-6-17/h5-8,14-16,19H,9-13,26H2,1-4H3/t15-,16-,19?/m0/s1. The summed E-state index contributed by atoms with van der Waals surface area (Å²) in [5.41, 5.74) is 9.25. The Kier molecular flexibility index (Phi) is 6.71. The van der Waals surface area contributed by atoms with Crippen molar-refractivity contribution in [1.29, 1.82) is 0 Å². The number of nitrogens with two attached hydrogens (primary N) is 1. The van der Waals surface area contributed by atoms with Crippen LogP contribution in [0.1, 0.15) is 62.1 Å². The summed E-state index contributed by atoms with van der Waals surface area (Å²) in [6.45, 7) is 10.4. The van der Waals surface area contributed by atoms with E-state index in [9.17, 15) is 4.79 Å². The zero-order chi connectivity index (χ0) is 23.0. The number of aromatic nitrogens is 2. The predicted octanol–water partition coefficient (Wildman–Crippen LogP) is 4.39. The molecule has 1 saturated heterocycles. The fourth-order valence-corrected chi connectivity index (χ4v) is 5.90. The second kappa shape index (κ2) is 9.20. The van der Waals surface area contributed by atoms with Gasteiger partial charge < -0.3 is 15.5 Å². The highest BCUT2D eigenvalue weighted by Gasteiger charge is 2.36. The number of thioether (sulfide) groups is 1. The van der Waals surface area contributed by atoms with Gasteiger partial charge >= 0.3 is 0 Å². The van der Waals surface area contributed by atoms with Crippen LogP contribution in [-0.2, 0) is 10.5 Å². The highest BCUT2D eigenvalue weighted by molar-refractivity contribution is 7.99. The van der Waals surface area contributed by atoms with Gasteiger partial charge in [-0.1, -0.05) is 23.7 Å². The lowest BCUT2D eigenvalue weighted by molar-refractivity contribution is -0.134. The molecule has 0 saturated carbocycles. The minimum atomic E-state index is -0.456. The number of carbonyl (C=O) groups excluding carboxylic acids is 1. The third kappa shape index (κ3) is 4.90. The molecule has 0 spiro atoms. The monoisotopic (exact) mass is 473 g/mol. The van der Waals surface area contributed by atoms with Crippen LogP contribution in [0.3, 0.4) is 0 Å². The Bertz CT molecular complexity index is 977. The number of hydrogen-bond acceptors (Lipinski definition) is 6. The minimum Gasteiger partial charge on any atom is -0.350 e. The molecule has 0 aliphatic carbocycles. The molecule has 8 heteroatoms. The zero-order valence-corrected chi connectivity index (χ0v) is 20.8. The number of amides is 1. The lowest BCUT2D eigenvalue weighted by Gasteiger charge is -2.42. The summed E-state index contributed by atoms with van der Waals surface area (Å²) in [7, 11) is 0. The zero-order valence-electron chi connectivity index (χ0n) is 19.2. The first-order valence-electron chi connectivity index (χ1n) is 11.2. The number of benzene rings is 1. The number of nitrogens with zero attached hydrogens (tertiary/aromatic N) is 4. The molecule has 1 aromatic heterocycles. The SMILES string of the molecule is C[C@@H]1SCc2ncnc(N3CCN(C(=O)C(CC(C)(C)N)c4ccc(Cl)cc4)C[C@@H]3C)c21. The summed E-state index contributed by atoms with van der Waals surface area (Å²) in [6, 6.07) is 7.74. The number of halogens is 1. The number of anilines is 1. The quantitative estimate of drug-likeness (QED) is 0.694. The molecule has 2 aromatic rings. The molecule has 2 aliphatic heterocycles. The number of rotatable bonds is 5. The summed E-state index contributed by atoms with van der Waals surface area (Å²) in [5.74, 6) is 1.82. The van der Waals surface area contributed by atoms with E-state index in [2.05, 4.69) is 28.7 Å². The van der Waals surface area contributed by atoms with Crippen LogP contribution in [0.4, 0.5) is 5.82 Å². The van der Waals surface area contributed by atoms with Crippen molar-refractivity contribution in [1.82, 2.24) is 14.9 Å². The summed E-state index contributed by atoms with van der Waals surface area (Å²) in [6.07, 6.45) is 2.26. The van der Waals surface area contributed by atoms with Crippen molar-refractivity contribution in [2.45, 2.75) is 62.6 Å². The Hall–Kier alpha value is -1.83. The van der Waals surface area contributed by atoms with Gasteiger partial charge in [-0.25, -0.2) is 9.97 Å². The largest absolute Gasteiger partial charge is 0.350 e. The molecular formula is C24H32ClN5OS. The van der Waals surface area contributed by atoms with Gasteiger partial charge in [-0.2, -0.15) is 0 Å². The second-order valence-electron chi connectivity index (χ2n) is 9.63. The van der Waals surface area contributed by atoms with Crippen molar-refractivity contribution in [3.8, 4) is 0 Å². The van der Waals surface area contributed by atoms with Crippen molar-refractivity contribution in [2.75, 3.05) is 24.5 Å². The van der Waals surface area contributed by atoms with Crippen molar-refractivity contribution < 1.29 is 4.79 Å². The fraction of sp³-hybridized carbons (Fsp3) is 0.542. The first-order valence-corrected chi connectivity index (χ1v) is 12.6. The first kappa shape index (κ1) is 23.3. The van der Waals surface area contributed by atoms with Gasteiger partial charge in [-0.15, -0.1) is 11.8 Å². The van der Waals surface area contributed by atoms with Gasteiger partial charge in [-0.3, -0.25) is 4.79 Å². The van der Waals surface area contributed by atoms with Crippen LogP contribution in [0, 0.1) is 0 Å². The molecule has 172 valence electrons. The summed E-state index contributed by atoms with van der Waals surface area (Å²) in [4.78, 5) is 27.2. The fourth-order valence-electron chi connectivity index (χ4n) is 4.73. The molecule has 1 aromatic carbocycles. The van der Waals surface area contributed by atoms with Gasteiger partial charge in [0.05, 0.1) is 11.6 Å². The highest BCUT2D eigenvalue weighted by atomic mass is 35.5. The first-order chi connectivity index (χ1) is 15.1. The third-order valence-electron chi connectivity index (χ3n) is 6.33. The van der Waals surface area contributed by atoms with Crippen molar-refractivity contribution in [2.24, 2.45) is 5.73 Å². The van der Waals surface area contributed by atoms with E-state index in [1.54, 1.807) is 6.33 Å². The lowest BCUT2D eigenvalue weighted by atomic mass is 9.85. The van der Waals surface area contributed by atoms with Gasteiger partial charge in [-0.05, 0) is 51.8 Å². The predicted molar refractivity (Wildman–Crippen MR) is 132 cm³/mol. The molecule has 2 aliphatic rings. The van der Waals surface area contributed by atoms with E-state index in [0.717, 1.165) is 29.4 Å². The number of hydrogen-bond donors (Lipinski definition) is 1. The number of fused-ring (bicyclic) bond motifs is 1. The molecule has 2 N–H and O–H groups in total. The molecule has 1 amide bonds. The van der Waals surface area contributed by atoms with Gasteiger partial charge in [0.1, 0.15) is 12.1 Å². The van der Waals surface area contributed by atoms with Gasteiger partial charge in [0.15, 0.2) is 0 Å². The van der Waals surface area contributed by atoms with Gasteiger partial charge in [0.25, 0.3) is 0 Å². The Morgan fingerprint density at radius 3 is 2.62 bits per heavy atom. The molecule has 6 nitrogen and oxygen atoms in total. The second-order valence-corrected chi connectivity index (χ2v) is 11.4. The Morgan fingerprint density at radius 1 is 1.25 bits per heavy atom. The van der Waals surface area contributed by atoms with Crippen molar-refractivity contribution >= 4 is 35.1 Å². The van der Waals surface area contributed by atoms with E-state index < -0.39 is 5.54 Å². The molecule has 32 heavy (non-hydrogen) atoms. The molecule has 1 fully saturated rings. The van der Waals surface area contributed by atoms with Crippen LogP contribution in [0.15, 0.2) is 30.6 Å². The number of carbonyl (C=O) groups is 1. The van der Waals surface area contributed by atoms with Gasteiger partial charge in [0.2, 0.25) is 5.91 Å². The summed E-state index contributed by atoms with van der Waals surface area (Å²) < 4.78 is 0. The Labute approximate surface area is 199 Å². The molecule has 0 radical (unpaired) electrons. The van der Waals surface area contributed by atoms with E-state index in [4.69, 9.17) is 17.3 Å². The molecule has 3 atom stereocenters. The Morgan fingerprint density at radius 2 is 1.97 bits per heavy atom. The van der Waals surface area contributed by atoms with E-state index >= 15 is 0 Å². The van der Waals surface area contributed by atoms with E-state index in [1.807, 2.05) is 54.8 Å². The van der Waals surface area contributed by atoms with Crippen LogP contribution >= 0.6 is 23.4 Å². The van der Waals surface area contributed by atoms with Crippen molar-refractivity contribution in [3.05, 3.63) is 52.4 Å². The maximum Gasteiger partial charge on any atom is 0.230 e. The normalized spacial score (nSPS) is 22.1. The molecule has 3 heterocycles. The van der Waals surface area contributed by atoms with Crippen LogP contribution in [-0.4, -0.2) is 52.0 Å². The lowest BCUT2D eigenvalue weighted by Crippen LogP contribution is -2.55. The van der Waals surface area contributed by atoms with E-state index in [0.29, 0.717) is 29.8 Å². The summed E-state index contributed by atoms with van der Waals surface area (Å²) >= 11 is 7.99. The molecular weight excluding hydrogens is 442 g/mol. The third-order valence-corrected chi connectivity index (χ3v) is 7.76. The Balaban J connectivity index is 1.53. The van der Waals surface area contributed by atoms with E-state index in [-0.39, 0.29) is 17.9 Å². The number of piperazine rings is 1. The summed E-state index contributed by atoms with van der Waals surface area (Å²) in [5, 5.41) is 1.06. The average Bonchev–Trinajstić information content (AvgIpc) is 3.13. The maximum atomic E-state index is 13.7. The van der Waals surface area contributed by atoms with Crippen LogP contribution in [0.25, 0.3) is 0 Å². The van der Waals surface area contributed by atoms with Crippen LogP contribution in [0.5, 0.6) is 0 Å². The van der Waals surface area contributed by atoms with Gasteiger partial charge in [0, 0.05) is 52.8 Å². The molecule has 1 unspecified atom stereocenters. The molecule has 4 rings (SSSR count). The smallest absolute Gasteiger partial charge is 0.230 e. The topological polar surface area (TPSA) is 75.4 Å². The van der Waals surface area contributed by atoms with Crippen molar-refractivity contribution in [3.63, 3.8) is 0 Å². The van der Waals surface area contributed by atoms with Crippen LogP contribution < -0.4 is 10.6 Å².